The minimum atomic E-state index is -0.463. The number of amides is 1. The zero-order chi connectivity index (χ0) is 23.3. The highest BCUT2D eigenvalue weighted by Crippen LogP contribution is 2.33. The van der Waals surface area contributed by atoms with Gasteiger partial charge in [0.2, 0.25) is 5.91 Å². The molecule has 0 aliphatic rings. The van der Waals surface area contributed by atoms with Gasteiger partial charge in [-0.05, 0) is 38.5 Å². The number of rotatable bonds is 9. The number of carbonyl (C=O) groups is 2. The molecule has 0 bridgehead atoms. The van der Waals surface area contributed by atoms with Crippen LogP contribution in [0.15, 0.2) is 29.4 Å². The van der Waals surface area contributed by atoms with Gasteiger partial charge in [-0.1, -0.05) is 23.9 Å². The number of ether oxygens (including phenoxy) is 1. The van der Waals surface area contributed by atoms with E-state index in [9.17, 15) is 19.2 Å². The number of hydrogen-bond acceptors (Lipinski definition) is 8. The van der Waals surface area contributed by atoms with E-state index in [4.69, 9.17) is 4.74 Å². The summed E-state index contributed by atoms with van der Waals surface area (Å²) in [6, 6.07) is 8.13. The fourth-order valence-electron chi connectivity index (χ4n) is 2.92. The number of para-hydroxylation sites is 1. The molecule has 1 amide bonds. The molecule has 32 heavy (non-hydrogen) atoms. The summed E-state index contributed by atoms with van der Waals surface area (Å²) in [5.41, 5.74) is 0.862. The molecule has 0 fully saturated rings. The topological polar surface area (TPSA) is 110 Å². The SMILES string of the molecule is CCn1c(COc2ccccc2F)nnc1SCC(=O)Nc1sc(C(C)=O)c(C)c1C#N. The highest BCUT2D eigenvalue weighted by Gasteiger charge is 2.20. The number of nitriles is 1. The molecule has 11 heteroatoms. The predicted molar refractivity (Wildman–Crippen MR) is 120 cm³/mol. The summed E-state index contributed by atoms with van der Waals surface area (Å²) < 4.78 is 21.0. The van der Waals surface area contributed by atoms with E-state index in [1.807, 2.05) is 13.0 Å². The van der Waals surface area contributed by atoms with Crippen LogP contribution in [-0.2, 0) is 17.9 Å². The number of nitrogens with zero attached hydrogens (tertiary/aromatic N) is 4. The Kier molecular flexibility index (Phi) is 7.61. The number of halogens is 1. The number of ketones is 1. The molecule has 0 saturated heterocycles. The molecule has 1 N–H and O–H groups in total. The zero-order valence-corrected chi connectivity index (χ0v) is 19.3. The molecule has 2 aromatic heterocycles. The fourth-order valence-corrected chi connectivity index (χ4v) is 4.81. The van der Waals surface area contributed by atoms with Crippen LogP contribution in [0.2, 0.25) is 0 Å². The number of hydrogen-bond donors (Lipinski definition) is 1. The lowest BCUT2D eigenvalue weighted by molar-refractivity contribution is -0.113. The average molecular weight is 474 g/mol. The largest absolute Gasteiger partial charge is 0.483 e. The van der Waals surface area contributed by atoms with Crippen molar-refractivity contribution in [2.45, 2.75) is 39.1 Å². The summed E-state index contributed by atoms with van der Waals surface area (Å²) in [4.78, 5) is 24.6. The standard InChI is InChI=1S/C21H20FN5O3S2/c1-4-27-17(10-30-16-8-6-5-7-15(16)22)25-26-21(27)31-11-18(29)24-20-14(9-23)12(2)19(32-20)13(3)28/h5-8H,4,10-11H2,1-3H3,(H,24,29). The van der Waals surface area contributed by atoms with E-state index in [0.717, 1.165) is 11.3 Å². The third kappa shape index (κ3) is 5.15. The van der Waals surface area contributed by atoms with Gasteiger partial charge in [-0.15, -0.1) is 21.5 Å². The Hall–Kier alpha value is -3.23. The Balaban J connectivity index is 1.64. The number of Topliss-reactive ketones (excluding diaryl/α,β-unsaturated/α-hetero) is 1. The van der Waals surface area contributed by atoms with Crippen LogP contribution in [-0.4, -0.2) is 32.2 Å². The maximum absolute atomic E-state index is 13.7. The molecular weight excluding hydrogens is 453 g/mol. The average Bonchev–Trinajstić information content (AvgIpc) is 3.31. The molecule has 8 nitrogen and oxygen atoms in total. The molecule has 0 atom stereocenters. The van der Waals surface area contributed by atoms with E-state index < -0.39 is 5.82 Å². The lowest BCUT2D eigenvalue weighted by atomic mass is 10.1. The minimum Gasteiger partial charge on any atom is -0.483 e. The number of thioether (sulfide) groups is 1. The lowest BCUT2D eigenvalue weighted by Crippen LogP contribution is -2.15. The summed E-state index contributed by atoms with van der Waals surface area (Å²) >= 11 is 2.27. The van der Waals surface area contributed by atoms with Crippen LogP contribution >= 0.6 is 23.1 Å². The Morgan fingerprint density at radius 1 is 1.34 bits per heavy atom. The third-order valence-corrected chi connectivity index (χ3v) is 6.74. The summed E-state index contributed by atoms with van der Waals surface area (Å²) in [6.45, 7) is 5.58. The second kappa shape index (κ2) is 10.4. The molecule has 0 aliphatic heterocycles. The van der Waals surface area contributed by atoms with Crippen LogP contribution in [0.3, 0.4) is 0 Å². The molecule has 0 radical (unpaired) electrons. The number of anilines is 1. The van der Waals surface area contributed by atoms with E-state index in [0.29, 0.717) is 38.5 Å². The Morgan fingerprint density at radius 3 is 2.75 bits per heavy atom. The van der Waals surface area contributed by atoms with Gasteiger partial charge in [0.1, 0.15) is 17.7 Å². The van der Waals surface area contributed by atoms with E-state index in [1.165, 1.54) is 30.8 Å². The summed E-state index contributed by atoms with van der Waals surface area (Å²) in [5.74, 6) is -0.294. The lowest BCUT2D eigenvalue weighted by Gasteiger charge is -2.09. The van der Waals surface area contributed by atoms with Gasteiger partial charge in [0.05, 0.1) is 16.2 Å². The van der Waals surface area contributed by atoms with E-state index in [-0.39, 0.29) is 29.8 Å². The molecule has 166 valence electrons. The van der Waals surface area contributed by atoms with Gasteiger partial charge in [-0.2, -0.15) is 5.26 Å². The smallest absolute Gasteiger partial charge is 0.235 e. The van der Waals surface area contributed by atoms with Crippen LogP contribution in [0.1, 0.15) is 40.5 Å². The Labute approximate surface area is 192 Å². The molecule has 0 aliphatic carbocycles. The molecule has 3 aromatic rings. The van der Waals surface area contributed by atoms with Crippen LogP contribution < -0.4 is 10.1 Å². The molecule has 0 unspecified atom stereocenters. The van der Waals surface area contributed by atoms with Gasteiger partial charge in [-0.25, -0.2) is 4.39 Å². The highest BCUT2D eigenvalue weighted by molar-refractivity contribution is 7.99. The van der Waals surface area contributed by atoms with Gasteiger partial charge >= 0.3 is 0 Å². The van der Waals surface area contributed by atoms with Gasteiger partial charge < -0.3 is 14.6 Å². The normalized spacial score (nSPS) is 10.6. The first-order chi connectivity index (χ1) is 15.3. The second-order valence-electron chi connectivity index (χ2n) is 6.63. The number of aromatic nitrogens is 3. The number of thiophene rings is 1. The maximum Gasteiger partial charge on any atom is 0.235 e. The molecular formula is C21H20FN5O3S2. The summed E-state index contributed by atoms with van der Waals surface area (Å²) in [7, 11) is 0. The van der Waals surface area contributed by atoms with Crippen molar-refractivity contribution in [3.8, 4) is 11.8 Å². The maximum atomic E-state index is 13.7. The Morgan fingerprint density at radius 2 is 2.09 bits per heavy atom. The Bertz CT molecular complexity index is 1200. The van der Waals surface area contributed by atoms with Gasteiger partial charge in [0, 0.05) is 6.54 Å². The van der Waals surface area contributed by atoms with Crippen molar-refractivity contribution in [2.24, 2.45) is 0 Å². The highest BCUT2D eigenvalue weighted by atomic mass is 32.2. The second-order valence-corrected chi connectivity index (χ2v) is 8.59. The summed E-state index contributed by atoms with van der Waals surface area (Å²) in [5, 5.41) is 21.1. The first-order valence-electron chi connectivity index (χ1n) is 9.62. The predicted octanol–water partition coefficient (Wildman–Crippen LogP) is 4.19. The minimum absolute atomic E-state index is 0.0301. The number of nitrogens with one attached hydrogen (secondary N) is 1. The molecule has 1 aromatic carbocycles. The van der Waals surface area contributed by atoms with Gasteiger partial charge in [-0.3, -0.25) is 9.59 Å². The molecule has 2 heterocycles. The monoisotopic (exact) mass is 473 g/mol. The van der Waals surface area contributed by atoms with E-state index in [2.05, 4.69) is 15.5 Å². The van der Waals surface area contributed by atoms with E-state index >= 15 is 0 Å². The molecule has 0 saturated carbocycles. The van der Waals surface area contributed by atoms with Gasteiger partial charge in [0.25, 0.3) is 0 Å². The van der Waals surface area contributed by atoms with Crippen molar-refractivity contribution in [2.75, 3.05) is 11.1 Å². The third-order valence-electron chi connectivity index (χ3n) is 4.47. The van der Waals surface area contributed by atoms with Crippen molar-refractivity contribution < 1.29 is 18.7 Å². The van der Waals surface area contributed by atoms with Crippen molar-refractivity contribution >= 4 is 39.8 Å². The van der Waals surface area contributed by atoms with Crippen molar-refractivity contribution in [1.29, 1.82) is 5.26 Å². The number of benzene rings is 1. The van der Waals surface area contributed by atoms with Crippen LogP contribution in [0, 0.1) is 24.1 Å². The van der Waals surface area contributed by atoms with Crippen molar-refractivity contribution in [3.63, 3.8) is 0 Å². The quantitative estimate of drug-likeness (QED) is 0.366. The number of carbonyl (C=O) groups excluding carboxylic acids is 2. The van der Waals surface area contributed by atoms with Crippen molar-refractivity contribution in [1.82, 2.24) is 14.8 Å². The molecule has 3 rings (SSSR count). The van der Waals surface area contributed by atoms with E-state index in [1.54, 1.807) is 23.6 Å². The fraction of sp³-hybridized carbons (Fsp3) is 0.286. The molecule has 0 spiro atoms. The summed E-state index contributed by atoms with van der Waals surface area (Å²) in [6.07, 6.45) is 0. The first kappa shape index (κ1) is 23.4. The van der Waals surface area contributed by atoms with Crippen LogP contribution in [0.5, 0.6) is 5.75 Å². The van der Waals surface area contributed by atoms with Crippen LogP contribution in [0.25, 0.3) is 0 Å². The van der Waals surface area contributed by atoms with Crippen LogP contribution in [0.4, 0.5) is 9.39 Å². The van der Waals surface area contributed by atoms with Crippen molar-refractivity contribution in [3.05, 3.63) is 51.9 Å². The first-order valence-corrected chi connectivity index (χ1v) is 11.4. The zero-order valence-electron chi connectivity index (χ0n) is 17.6. The van der Waals surface area contributed by atoms with Gasteiger partial charge in [0.15, 0.2) is 28.3 Å².